The van der Waals surface area contributed by atoms with Crippen LogP contribution >= 0.6 is 0 Å². The van der Waals surface area contributed by atoms with Crippen molar-refractivity contribution in [3.05, 3.63) is 48.8 Å². The number of nitrogens with zero attached hydrogens (tertiary/aromatic N) is 6. The summed E-state index contributed by atoms with van der Waals surface area (Å²) in [5.74, 6) is 1.78. The average Bonchev–Trinajstić information content (AvgIpc) is 3.40. The summed E-state index contributed by atoms with van der Waals surface area (Å²) in [5.41, 5.74) is 0.774. The summed E-state index contributed by atoms with van der Waals surface area (Å²) in [6.07, 6.45) is 7.07. The number of benzene rings is 1. The number of rotatable bonds is 5. The summed E-state index contributed by atoms with van der Waals surface area (Å²) >= 11 is 0. The number of imidazole rings is 1. The summed E-state index contributed by atoms with van der Waals surface area (Å²) in [6, 6.07) is 7.31. The normalized spacial score (nSPS) is 17.2. The lowest BCUT2D eigenvalue weighted by Gasteiger charge is -2.31. The highest BCUT2D eigenvalue weighted by Crippen LogP contribution is 2.24. The van der Waals surface area contributed by atoms with Crippen molar-refractivity contribution in [1.29, 1.82) is 0 Å². The van der Waals surface area contributed by atoms with Gasteiger partial charge in [0.15, 0.2) is 6.61 Å². The van der Waals surface area contributed by atoms with Crippen molar-refractivity contribution in [3.63, 3.8) is 0 Å². The summed E-state index contributed by atoms with van der Waals surface area (Å²) in [7, 11) is 0. The first-order valence-corrected chi connectivity index (χ1v) is 8.53. The van der Waals surface area contributed by atoms with E-state index in [2.05, 4.69) is 25.5 Å². The largest absolute Gasteiger partial charge is 0.484 e. The molecule has 1 saturated heterocycles. The Kier molecular flexibility index (Phi) is 4.59. The Bertz CT molecular complexity index is 848. The maximum atomic E-state index is 12.5. The Morgan fingerprint density at radius 1 is 1.38 bits per heavy atom. The molecule has 3 aromatic rings. The van der Waals surface area contributed by atoms with Gasteiger partial charge in [0, 0.05) is 37.5 Å². The first-order chi connectivity index (χ1) is 12.8. The molecule has 0 spiro atoms. The fourth-order valence-corrected chi connectivity index (χ4v) is 3.16. The van der Waals surface area contributed by atoms with Gasteiger partial charge in [0.25, 0.3) is 5.91 Å². The maximum absolute atomic E-state index is 12.5. The van der Waals surface area contributed by atoms with Crippen LogP contribution in [0.25, 0.3) is 5.69 Å². The highest BCUT2D eigenvalue weighted by molar-refractivity contribution is 5.78. The van der Waals surface area contributed by atoms with E-state index in [9.17, 15) is 4.79 Å². The zero-order valence-corrected chi connectivity index (χ0v) is 14.2. The Balaban J connectivity index is 1.36. The number of amides is 1. The molecule has 1 aliphatic heterocycles. The van der Waals surface area contributed by atoms with Gasteiger partial charge < -0.3 is 14.6 Å². The van der Waals surface area contributed by atoms with Crippen LogP contribution in [-0.4, -0.2) is 60.7 Å². The molecule has 2 aromatic heterocycles. The standard InChI is InChI=1S/C17H19N7O2/c25-16(23-8-2-3-13(10-23)17-18-6-7-19-17)11-26-15-5-1-4-14(9-15)24-12-20-21-22-24/h1,4-7,9,12-13H,2-3,8,10-11H2,(H,18,19)/t13-/m1/s1. The Morgan fingerprint density at radius 2 is 2.35 bits per heavy atom. The lowest BCUT2D eigenvalue weighted by molar-refractivity contribution is -0.134. The van der Waals surface area contributed by atoms with Crippen LogP contribution in [0.1, 0.15) is 24.6 Å². The molecule has 0 radical (unpaired) electrons. The molecule has 1 atom stereocenters. The second-order valence-electron chi connectivity index (χ2n) is 6.19. The first kappa shape index (κ1) is 16.2. The third-order valence-electron chi connectivity index (χ3n) is 4.47. The van der Waals surface area contributed by atoms with E-state index >= 15 is 0 Å². The van der Waals surface area contributed by atoms with Gasteiger partial charge in [-0.25, -0.2) is 9.67 Å². The number of nitrogens with one attached hydrogen (secondary N) is 1. The molecule has 1 aromatic carbocycles. The van der Waals surface area contributed by atoms with Crippen LogP contribution in [0.4, 0.5) is 0 Å². The molecule has 1 amide bonds. The van der Waals surface area contributed by atoms with Crippen LogP contribution in [0.2, 0.25) is 0 Å². The summed E-state index contributed by atoms with van der Waals surface area (Å²) in [4.78, 5) is 21.8. The summed E-state index contributed by atoms with van der Waals surface area (Å²) in [6.45, 7) is 1.42. The van der Waals surface area contributed by atoms with Crippen LogP contribution < -0.4 is 4.74 Å². The van der Waals surface area contributed by atoms with Gasteiger partial charge in [0.05, 0.1) is 5.69 Å². The van der Waals surface area contributed by atoms with Gasteiger partial charge >= 0.3 is 0 Å². The van der Waals surface area contributed by atoms with E-state index in [-0.39, 0.29) is 18.4 Å². The van der Waals surface area contributed by atoms with Gasteiger partial charge in [0.2, 0.25) is 0 Å². The molecule has 1 aliphatic rings. The van der Waals surface area contributed by atoms with E-state index in [0.29, 0.717) is 12.3 Å². The van der Waals surface area contributed by atoms with E-state index in [4.69, 9.17) is 4.74 Å². The molecule has 0 saturated carbocycles. The topological polar surface area (TPSA) is 102 Å². The van der Waals surface area contributed by atoms with Crippen LogP contribution in [0.3, 0.4) is 0 Å². The quantitative estimate of drug-likeness (QED) is 0.739. The molecule has 4 rings (SSSR count). The minimum absolute atomic E-state index is 0.00390. The van der Waals surface area contributed by atoms with Crippen LogP contribution in [0.5, 0.6) is 5.75 Å². The minimum atomic E-state index is -0.0194. The van der Waals surface area contributed by atoms with Gasteiger partial charge in [-0.2, -0.15) is 0 Å². The third kappa shape index (κ3) is 3.56. The number of carbonyl (C=O) groups is 1. The highest BCUT2D eigenvalue weighted by Gasteiger charge is 2.26. The monoisotopic (exact) mass is 353 g/mol. The SMILES string of the molecule is O=C(COc1cccc(-n2cnnn2)c1)N1CCC[C@@H](c2ncc[nH]2)C1. The number of piperidine rings is 1. The second kappa shape index (κ2) is 7.34. The Labute approximate surface area is 150 Å². The van der Waals surface area contributed by atoms with E-state index < -0.39 is 0 Å². The molecule has 1 N–H and O–H groups in total. The smallest absolute Gasteiger partial charge is 0.260 e. The second-order valence-corrected chi connectivity index (χ2v) is 6.19. The predicted molar refractivity (Wildman–Crippen MR) is 91.8 cm³/mol. The number of aromatic nitrogens is 6. The number of hydrogen-bond acceptors (Lipinski definition) is 6. The van der Waals surface area contributed by atoms with Gasteiger partial charge in [-0.05, 0) is 35.4 Å². The Hall–Kier alpha value is -3.23. The van der Waals surface area contributed by atoms with Gasteiger partial charge in [-0.3, -0.25) is 4.79 Å². The van der Waals surface area contributed by atoms with Crippen LogP contribution in [0.15, 0.2) is 43.0 Å². The molecule has 26 heavy (non-hydrogen) atoms. The van der Waals surface area contributed by atoms with Crippen molar-refractivity contribution >= 4 is 5.91 Å². The predicted octanol–water partition coefficient (Wildman–Crippen LogP) is 1.17. The molecule has 1 fully saturated rings. The molecule has 9 heteroatoms. The maximum Gasteiger partial charge on any atom is 0.260 e. The fourth-order valence-electron chi connectivity index (χ4n) is 3.16. The summed E-state index contributed by atoms with van der Waals surface area (Å²) < 4.78 is 7.22. The molecule has 0 unspecified atom stereocenters. The van der Waals surface area contributed by atoms with Crippen LogP contribution in [0, 0.1) is 0 Å². The lowest BCUT2D eigenvalue weighted by atomic mass is 9.97. The van der Waals surface area contributed by atoms with Crippen molar-refractivity contribution in [2.45, 2.75) is 18.8 Å². The van der Waals surface area contributed by atoms with E-state index in [1.165, 1.54) is 11.0 Å². The zero-order valence-electron chi connectivity index (χ0n) is 14.2. The first-order valence-electron chi connectivity index (χ1n) is 8.53. The molecule has 0 bridgehead atoms. The van der Waals surface area contributed by atoms with Crippen molar-refractivity contribution in [2.24, 2.45) is 0 Å². The molecular weight excluding hydrogens is 334 g/mol. The number of likely N-dealkylation sites (tertiary alicyclic amines) is 1. The van der Waals surface area contributed by atoms with Crippen molar-refractivity contribution < 1.29 is 9.53 Å². The highest BCUT2D eigenvalue weighted by atomic mass is 16.5. The number of aromatic amines is 1. The number of tetrazole rings is 1. The van der Waals surface area contributed by atoms with E-state index in [0.717, 1.165) is 30.9 Å². The third-order valence-corrected chi connectivity index (χ3v) is 4.47. The Morgan fingerprint density at radius 3 is 3.15 bits per heavy atom. The number of H-pyrrole nitrogens is 1. The number of ether oxygens (including phenoxy) is 1. The molecule has 9 nitrogen and oxygen atoms in total. The fraction of sp³-hybridized carbons (Fsp3) is 0.353. The van der Waals surface area contributed by atoms with Crippen molar-refractivity contribution in [3.8, 4) is 11.4 Å². The van der Waals surface area contributed by atoms with Crippen molar-refractivity contribution in [2.75, 3.05) is 19.7 Å². The van der Waals surface area contributed by atoms with Gasteiger partial charge in [-0.1, -0.05) is 6.07 Å². The molecular formula is C17H19N7O2. The molecule has 3 heterocycles. The van der Waals surface area contributed by atoms with Gasteiger partial charge in [-0.15, -0.1) is 5.10 Å². The van der Waals surface area contributed by atoms with E-state index in [1.54, 1.807) is 12.3 Å². The zero-order chi connectivity index (χ0) is 17.8. The van der Waals surface area contributed by atoms with Crippen molar-refractivity contribution in [1.82, 2.24) is 35.1 Å². The van der Waals surface area contributed by atoms with Gasteiger partial charge in [0.1, 0.15) is 17.9 Å². The number of carbonyl (C=O) groups excluding carboxylic acids is 1. The minimum Gasteiger partial charge on any atom is -0.484 e. The number of hydrogen-bond donors (Lipinski definition) is 1. The summed E-state index contributed by atoms with van der Waals surface area (Å²) in [5, 5.41) is 11.1. The van der Waals surface area contributed by atoms with Crippen LogP contribution in [-0.2, 0) is 4.79 Å². The lowest BCUT2D eigenvalue weighted by Crippen LogP contribution is -2.41. The molecule has 134 valence electrons. The average molecular weight is 353 g/mol. The van der Waals surface area contributed by atoms with E-state index in [1.807, 2.05) is 29.3 Å². The molecule has 0 aliphatic carbocycles.